The molecule has 9 nitrogen and oxygen atoms in total. The highest BCUT2D eigenvalue weighted by Crippen LogP contribution is 2.34. The summed E-state index contributed by atoms with van der Waals surface area (Å²) in [5, 5.41) is 22.2. The number of carbonyl (C=O) groups is 1. The molecule has 2 aliphatic rings. The zero-order valence-corrected chi connectivity index (χ0v) is 9.80. The van der Waals surface area contributed by atoms with Crippen LogP contribution in [0.15, 0.2) is 11.3 Å². The molecule has 1 radical (unpaired) electrons. The van der Waals surface area contributed by atoms with E-state index in [9.17, 15) is 9.90 Å². The lowest BCUT2D eigenvalue weighted by Gasteiger charge is -2.16. The van der Waals surface area contributed by atoms with E-state index in [1.54, 1.807) is 0 Å². The van der Waals surface area contributed by atoms with Gasteiger partial charge in [-0.25, -0.2) is 4.98 Å². The number of nitrogens with zero attached hydrogens (tertiary/aromatic N) is 4. The molecule has 3 rings (SSSR count). The summed E-state index contributed by atoms with van der Waals surface area (Å²) in [6, 6.07) is 0. The van der Waals surface area contributed by atoms with Gasteiger partial charge in [0.15, 0.2) is 11.5 Å². The Labute approximate surface area is 107 Å². The van der Waals surface area contributed by atoms with E-state index in [1.165, 1.54) is 10.9 Å². The van der Waals surface area contributed by atoms with Crippen LogP contribution in [0.1, 0.15) is 23.1 Å². The first-order chi connectivity index (χ1) is 9.10. The van der Waals surface area contributed by atoms with Crippen LogP contribution in [-0.4, -0.2) is 50.4 Å². The van der Waals surface area contributed by atoms with Gasteiger partial charge in [-0.1, -0.05) is 0 Å². The van der Waals surface area contributed by atoms with Crippen molar-refractivity contribution in [3.8, 4) is 0 Å². The van der Waals surface area contributed by atoms with Gasteiger partial charge in [-0.15, -0.1) is 0 Å². The predicted octanol–water partition coefficient (Wildman–Crippen LogP) is -1.77. The van der Waals surface area contributed by atoms with Crippen LogP contribution in [0.25, 0.3) is 0 Å². The molecule has 9 heteroatoms. The average molecular weight is 266 g/mol. The molecule has 19 heavy (non-hydrogen) atoms. The minimum atomic E-state index is -0.779. The summed E-state index contributed by atoms with van der Waals surface area (Å²) >= 11 is 0. The number of aliphatic hydroxyl groups is 2. The van der Waals surface area contributed by atoms with Crippen molar-refractivity contribution in [2.75, 3.05) is 6.61 Å². The number of carbonyl (C=O) groups excluding carboxylic acids is 1. The van der Waals surface area contributed by atoms with Gasteiger partial charge < -0.3 is 20.7 Å². The van der Waals surface area contributed by atoms with Crippen molar-refractivity contribution in [2.45, 2.75) is 24.9 Å². The Morgan fingerprint density at radius 1 is 1.58 bits per heavy atom. The van der Waals surface area contributed by atoms with E-state index in [0.29, 0.717) is 0 Å². The largest absolute Gasteiger partial charge is 0.394 e. The molecule has 1 aromatic heterocycles. The molecule has 4 N–H and O–H groups in total. The summed E-state index contributed by atoms with van der Waals surface area (Å²) in [5.41, 5.74) is 5.54. The number of guanidine groups is 1. The molecule has 3 heterocycles. The lowest BCUT2D eigenvalue weighted by atomic mass is 10.2. The average Bonchev–Trinajstić information content (AvgIpc) is 2.92. The Morgan fingerprint density at radius 2 is 2.37 bits per heavy atom. The third-order valence-corrected chi connectivity index (χ3v) is 3.10. The van der Waals surface area contributed by atoms with Crippen LogP contribution >= 0.6 is 0 Å². The molecular formula is C10H12N5O4. The second kappa shape index (κ2) is 4.30. The van der Waals surface area contributed by atoms with Crippen molar-refractivity contribution in [3.63, 3.8) is 0 Å². The molecule has 3 atom stereocenters. The number of fused-ring (bicyclic) bond motifs is 1. The Morgan fingerprint density at radius 3 is 3.05 bits per heavy atom. The van der Waals surface area contributed by atoms with Crippen LogP contribution in [0, 0.1) is 0 Å². The fraction of sp³-hybridized carbons (Fsp3) is 0.500. The van der Waals surface area contributed by atoms with Gasteiger partial charge in [-0.3, -0.25) is 9.36 Å². The number of hydrogen-bond acceptors (Lipinski definition) is 7. The van der Waals surface area contributed by atoms with Crippen molar-refractivity contribution in [1.82, 2.24) is 14.9 Å². The molecule has 0 bridgehead atoms. The summed E-state index contributed by atoms with van der Waals surface area (Å²) < 4.78 is 6.98. The number of aliphatic imine (C=N–C) groups is 1. The van der Waals surface area contributed by atoms with Crippen LogP contribution < -0.4 is 11.1 Å². The van der Waals surface area contributed by atoms with Crippen molar-refractivity contribution < 1.29 is 19.7 Å². The van der Waals surface area contributed by atoms with E-state index in [4.69, 9.17) is 15.6 Å². The number of aliphatic hydroxyl groups excluding tert-OH is 2. The van der Waals surface area contributed by atoms with Crippen molar-refractivity contribution >= 4 is 17.7 Å². The van der Waals surface area contributed by atoms with Gasteiger partial charge in [0, 0.05) is 6.42 Å². The monoisotopic (exact) mass is 266 g/mol. The smallest absolute Gasteiger partial charge is 0.302 e. The van der Waals surface area contributed by atoms with E-state index >= 15 is 0 Å². The highest BCUT2D eigenvalue weighted by Gasteiger charge is 2.37. The molecule has 101 valence electrons. The molecule has 1 saturated heterocycles. The molecular weight excluding hydrogens is 254 g/mol. The zero-order valence-electron chi connectivity index (χ0n) is 9.80. The third kappa shape index (κ3) is 1.87. The molecule has 0 aromatic carbocycles. The summed E-state index contributed by atoms with van der Waals surface area (Å²) in [6.07, 6.45) is -0.330. The molecule has 0 spiro atoms. The van der Waals surface area contributed by atoms with Gasteiger partial charge in [0.2, 0.25) is 5.96 Å². The van der Waals surface area contributed by atoms with E-state index < -0.39 is 24.3 Å². The van der Waals surface area contributed by atoms with Crippen molar-refractivity contribution in [1.29, 1.82) is 0 Å². The fourth-order valence-corrected chi connectivity index (χ4v) is 2.17. The summed E-state index contributed by atoms with van der Waals surface area (Å²) in [7, 11) is 0. The van der Waals surface area contributed by atoms with Crippen molar-refractivity contribution in [2.24, 2.45) is 10.7 Å². The molecule has 1 unspecified atom stereocenters. The maximum Gasteiger partial charge on any atom is 0.302 e. The van der Waals surface area contributed by atoms with E-state index in [-0.39, 0.29) is 30.5 Å². The fourth-order valence-electron chi connectivity index (χ4n) is 2.17. The molecule has 1 amide bonds. The Bertz CT molecular complexity index is 554. The second-order valence-electron chi connectivity index (χ2n) is 4.33. The van der Waals surface area contributed by atoms with Gasteiger partial charge in [0.25, 0.3) is 0 Å². The van der Waals surface area contributed by atoms with Crippen LogP contribution in [0.4, 0.5) is 5.82 Å². The first kappa shape index (κ1) is 12.1. The number of hydrogen-bond donors (Lipinski definition) is 3. The number of imidazole rings is 1. The predicted molar refractivity (Wildman–Crippen MR) is 61.6 cm³/mol. The minimum Gasteiger partial charge on any atom is -0.394 e. The maximum absolute atomic E-state index is 11.6. The van der Waals surface area contributed by atoms with Gasteiger partial charge in [-0.05, 0) is 0 Å². The van der Waals surface area contributed by atoms with Crippen LogP contribution in [-0.2, 0) is 4.74 Å². The van der Waals surface area contributed by atoms with Gasteiger partial charge in [0.05, 0.1) is 19.0 Å². The van der Waals surface area contributed by atoms with Crippen LogP contribution in [0.3, 0.4) is 0 Å². The summed E-state index contributed by atoms with van der Waals surface area (Å²) in [6.45, 7) is -0.284. The third-order valence-electron chi connectivity index (χ3n) is 3.10. The minimum absolute atomic E-state index is 0.0970. The molecule has 0 aliphatic carbocycles. The molecule has 2 aliphatic heterocycles. The molecule has 0 saturated carbocycles. The Hall–Kier alpha value is -1.97. The summed E-state index contributed by atoms with van der Waals surface area (Å²) in [5.74, 6) is -0.441. The van der Waals surface area contributed by atoms with Crippen LogP contribution in [0.5, 0.6) is 0 Å². The van der Waals surface area contributed by atoms with Gasteiger partial charge >= 0.3 is 5.91 Å². The van der Waals surface area contributed by atoms with Gasteiger partial charge in [-0.2, -0.15) is 10.3 Å². The normalized spacial score (nSPS) is 29.9. The number of amides is 1. The highest BCUT2D eigenvalue weighted by molar-refractivity contribution is 6.09. The lowest BCUT2D eigenvalue weighted by Crippen LogP contribution is -2.33. The van der Waals surface area contributed by atoms with E-state index in [1.807, 2.05) is 0 Å². The quantitative estimate of drug-likeness (QED) is 0.579. The maximum atomic E-state index is 11.6. The first-order valence-corrected chi connectivity index (χ1v) is 5.71. The topological polar surface area (TPSA) is 137 Å². The summed E-state index contributed by atoms with van der Waals surface area (Å²) in [4.78, 5) is 19.5. The van der Waals surface area contributed by atoms with Crippen molar-refractivity contribution in [3.05, 3.63) is 12.0 Å². The van der Waals surface area contributed by atoms with Gasteiger partial charge in [0.1, 0.15) is 12.3 Å². The second-order valence-corrected chi connectivity index (χ2v) is 4.33. The standard InChI is InChI=1S/C10H12N5O4/c11-10-13-8-7(9(18)14-10)12-3-15(8)6-1-4(17)5(2-16)19-6/h3-6,16-17H,1-2H2,(H2,11,13)/t4?,5-,6-/m1/s1. The van der Waals surface area contributed by atoms with E-state index in [0.717, 1.165) is 0 Å². The molecule has 1 aromatic rings. The Balaban J connectivity index is 1.94. The van der Waals surface area contributed by atoms with Crippen LogP contribution in [0.2, 0.25) is 0 Å². The number of aromatic nitrogens is 2. The highest BCUT2D eigenvalue weighted by atomic mass is 16.5. The Kier molecular flexibility index (Phi) is 2.73. The number of ether oxygens (including phenoxy) is 1. The SMILES string of the molecule is NC1=Nc2c(ncn2[C@H]2CC(O)[C@@H](CO)O2)C(=O)[N]1. The number of nitrogens with two attached hydrogens (primary N) is 1. The lowest BCUT2D eigenvalue weighted by molar-refractivity contribution is -0.0438. The number of rotatable bonds is 2. The first-order valence-electron chi connectivity index (χ1n) is 5.71. The zero-order chi connectivity index (χ0) is 13.6. The van der Waals surface area contributed by atoms with E-state index in [2.05, 4.69) is 15.3 Å². The molecule has 1 fully saturated rings.